The quantitative estimate of drug-likeness (QED) is 0.692. The number of aliphatic hydroxyl groups is 1. The SMILES string of the molecule is COC(=O)c1ccc([C@H](C)[C@H](O)c2cc(OC)c(OC)c(OC)c2)c(OC)c1. The zero-order chi connectivity index (χ0) is 20.8. The molecule has 0 fully saturated rings. The lowest BCUT2D eigenvalue weighted by atomic mass is 9.89. The van der Waals surface area contributed by atoms with Gasteiger partial charge in [0, 0.05) is 5.92 Å². The van der Waals surface area contributed by atoms with Gasteiger partial charge in [-0.25, -0.2) is 4.79 Å². The van der Waals surface area contributed by atoms with Crippen molar-refractivity contribution >= 4 is 5.97 Å². The van der Waals surface area contributed by atoms with Gasteiger partial charge in [0.25, 0.3) is 0 Å². The van der Waals surface area contributed by atoms with E-state index in [1.807, 2.05) is 6.92 Å². The van der Waals surface area contributed by atoms with Crippen molar-refractivity contribution in [2.24, 2.45) is 0 Å². The summed E-state index contributed by atoms with van der Waals surface area (Å²) in [5, 5.41) is 11.0. The van der Waals surface area contributed by atoms with Crippen LogP contribution >= 0.6 is 0 Å². The molecule has 0 aromatic heterocycles. The molecule has 7 heteroatoms. The maximum absolute atomic E-state index is 11.8. The number of hydrogen-bond acceptors (Lipinski definition) is 7. The van der Waals surface area contributed by atoms with Crippen molar-refractivity contribution in [3.63, 3.8) is 0 Å². The van der Waals surface area contributed by atoms with Gasteiger partial charge in [0.15, 0.2) is 11.5 Å². The minimum atomic E-state index is -0.883. The second-order valence-corrected chi connectivity index (χ2v) is 6.14. The lowest BCUT2D eigenvalue weighted by Crippen LogP contribution is -2.11. The number of aliphatic hydroxyl groups excluding tert-OH is 1. The van der Waals surface area contributed by atoms with Crippen LogP contribution in [0.1, 0.15) is 40.4 Å². The van der Waals surface area contributed by atoms with E-state index in [4.69, 9.17) is 23.7 Å². The molecule has 0 aliphatic heterocycles. The molecule has 2 rings (SSSR count). The molecule has 2 aromatic rings. The van der Waals surface area contributed by atoms with Crippen LogP contribution in [0.2, 0.25) is 0 Å². The van der Waals surface area contributed by atoms with Gasteiger partial charge < -0.3 is 28.8 Å². The van der Waals surface area contributed by atoms with E-state index in [9.17, 15) is 9.90 Å². The normalized spacial score (nSPS) is 12.7. The number of benzene rings is 2. The van der Waals surface area contributed by atoms with Gasteiger partial charge in [0.1, 0.15) is 5.75 Å². The Bertz CT molecular complexity index is 806. The maximum atomic E-state index is 11.8. The summed E-state index contributed by atoms with van der Waals surface area (Å²) in [6.45, 7) is 1.86. The molecule has 7 nitrogen and oxygen atoms in total. The molecule has 0 bridgehead atoms. The maximum Gasteiger partial charge on any atom is 0.337 e. The van der Waals surface area contributed by atoms with E-state index in [-0.39, 0.29) is 5.92 Å². The monoisotopic (exact) mass is 390 g/mol. The first-order chi connectivity index (χ1) is 13.4. The minimum absolute atomic E-state index is 0.343. The van der Waals surface area contributed by atoms with Crippen LogP contribution in [0.5, 0.6) is 23.0 Å². The van der Waals surface area contributed by atoms with Gasteiger partial charge in [0.05, 0.1) is 47.2 Å². The van der Waals surface area contributed by atoms with Crippen LogP contribution in [-0.4, -0.2) is 46.6 Å². The molecule has 152 valence electrons. The van der Waals surface area contributed by atoms with E-state index in [1.54, 1.807) is 30.3 Å². The van der Waals surface area contributed by atoms with Crippen molar-refractivity contribution in [3.05, 3.63) is 47.0 Å². The van der Waals surface area contributed by atoms with Crippen LogP contribution in [0.3, 0.4) is 0 Å². The number of rotatable bonds is 8. The van der Waals surface area contributed by atoms with Crippen LogP contribution in [0.15, 0.2) is 30.3 Å². The summed E-state index contributed by atoms with van der Waals surface area (Å²) >= 11 is 0. The van der Waals surface area contributed by atoms with Crippen LogP contribution in [0, 0.1) is 0 Å². The number of ether oxygens (including phenoxy) is 5. The molecule has 0 radical (unpaired) electrons. The van der Waals surface area contributed by atoms with Gasteiger partial charge in [-0.2, -0.15) is 0 Å². The van der Waals surface area contributed by atoms with Gasteiger partial charge in [-0.05, 0) is 35.4 Å². The molecule has 0 saturated carbocycles. The second kappa shape index (κ2) is 9.32. The Morgan fingerprint density at radius 1 is 0.857 bits per heavy atom. The molecular weight excluding hydrogens is 364 g/mol. The van der Waals surface area contributed by atoms with Crippen LogP contribution < -0.4 is 18.9 Å². The molecule has 0 spiro atoms. The Morgan fingerprint density at radius 2 is 1.43 bits per heavy atom. The summed E-state index contributed by atoms with van der Waals surface area (Å²) in [5.74, 6) is 1.05. The topological polar surface area (TPSA) is 83.5 Å². The largest absolute Gasteiger partial charge is 0.496 e. The number of hydrogen-bond donors (Lipinski definition) is 1. The Kier molecular flexibility index (Phi) is 7.12. The zero-order valence-corrected chi connectivity index (χ0v) is 16.9. The number of methoxy groups -OCH3 is 5. The fraction of sp³-hybridized carbons (Fsp3) is 0.381. The molecule has 0 saturated heterocycles. The highest BCUT2D eigenvalue weighted by Crippen LogP contribution is 2.43. The zero-order valence-electron chi connectivity index (χ0n) is 16.9. The third kappa shape index (κ3) is 4.14. The first kappa shape index (κ1) is 21.4. The highest BCUT2D eigenvalue weighted by molar-refractivity contribution is 5.90. The number of carbonyl (C=O) groups is 1. The Labute approximate surface area is 164 Å². The molecule has 0 amide bonds. The summed E-state index contributed by atoms with van der Waals surface area (Å²) in [6, 6.07) is 8.40. The van der Waals surface area contributed by atoms with Gasteiger partial charge in [-0.3, -0.25) is 0 Å². The first-order valence-corrected chi connectivity index (χ1v) is 8.65. The second-order valence-electron chi connectivity index (χ2n) is 6.14. The lowest BCUT2D eigenvalue weighted by Gasteiger charge is -2.23. The van der Waals surface area contributed by atoms with Crippen molar-refractivity contribution in [1.82, 2.24) is 0 Å². The summed E-state index contributed by atoms with van der Waals surface area (Å²) < 4.78 is 26.2. The molecule has 0 aliphatic carbocycles. The van der Waals surface area contributed by atoms with Crippen molar-refractivity contribution in [1.29, 1.82) is 0 Å². The first-order valence-electron chi connectivity index (χ1n) is 8.65. The molecule has 2 aromatic carbocycles. The van der Waals surface area contributed by atoms with Gasteiger partial charge in [-0.1, -0.05) is 13.0 Å². The van der Waals surface area contributed by atoms with E-state index >= 15 is 0 Å². The van der Waals surface area contributed by atoms with Gasteiger partial charge in [0.2, 0.25) is 5.75 Å². The highest BCUT2D eigenvalue weighted by Gasteiger charge is 2.25. The average Bonchev–Trinajstić information content (AvgIpc) is 2.75. The Balaban J connectivity index is 2.44. The van der Waals surface area contributed by atoms with Crippen molar-refractivity contribution in [2.75, 3.05) is 35.5 Å². The Morgan fingerprint density at radius 3 is 1.89 bits per heavy atom. The third-order valence-electron chi connectivity index (χ3n) is 4.65. The number of esters is 1. The van der Waals surface area contributed by atoms with E-state index in [2.05, 4.69) is 0 Å². The third-order valence-corrected chi connectivity index (χ3v) is 4.65. The van der Waals surface area contributed by atoms with E-state index < -0.39 is 12.1 Å². The molecular formula is C21H26O7. The van der Waals surface area contributed by atoms with E-state index in [1.165, 1.54) is 35.5 Å². The molecule has 28 heavy (non-hydrogen) atoms. The fourth-order valence-corrected chi connectivity index (χ4v) is 3.06. The van der Waals surface area contributed by atoms with Gasteiger partial charge >= 0.3 is 5.97 Å². The van der Waals surface area contributed by atoms with Crippen LogP contribution in [0.4, 0.5) is 0 Å². The standard InChI is InChI=1S/C21H26O7/c1-12(15-8-7-13(21(23)28-6)9-16(15)24-2)19(22)14-10-17(25-3)20(27-5)18(11-14)26-4/h7-12,19,22H,1-6H3/t12-,19-/m0/s1. The van der Waals surface area contributed by atoms with E-state index in [0.717, 1.165) is 5.56 Å². The van der Waals surface area contributed by atoms with Crippen LogP contribution in [-0.2, 0) is 4.74 Å². The predicted octanol–water partition coefficient (Wildman–Crippen LogP) is 3.34. The molecule has 0 aliphatic rings. The molecule has 1 N–H and O–H groups in total. The van der Waals surface area contributed by atoms with Crippen molar-refractivity contribution < 1.29 is 33.6 Å². The van der Waals surface area contributed by atoms with Crippen molar-refractivity contribution in [3.8, 4) is 23.0 Å². The summed E-state index contributed by atoms with van der Waals surface area (Å²) in [6.07, 6.45) is -0.883. The lowest BCUT2D eigenvalue weighted by molar-refractivity contribution is 0.0600. The number of carbonyl (C=O) groups excluding carboxylic acids is 1. The fourth-order valence-electron chi connectivity index (χ4n) is 3.06. The molecule has 2 atom stereocenters. The average molecular weight is 390 g/mol. The molecule has 0 heterocycles. The molecule has 0 unspecified atom stereocenters. The minimum Gasteiger partial charge on any atom is -0.496 e. The van der Waals surface area contributed by atoms with Gasteiger partial charge in [-0.15, -0.1) is 0 Å². The summed E-state index contributed by atoms with van der Waals surface area (Å²) in [5.41, 5.74) is 1.72. The van der Waals surface area contributed by atoms with Crippen molar-refractivity contribution in [2.45, 2.75) is 18.9 Å². The summed E-state index contributed by atoms with van der Waals surface area (Å²) in [7, 11) is 7.39. The highest BCUT2D eigenvalue weighted by atomic mass is 16.5. The Hall–Kier alpha value is -2.93. The van der Waals surface area contributed by atoms with E-state index in [0.29, 0.717) is 34.1 Å². The smallest absolute Gasteiger partial charge is 0.337 e. The summed E-state index contributed by atoms with van der Waals surface area (Å²) in [4.78, 5) is 11.8. The predicted molar refractivity (Wildman–Crippen MR) is 104 cm³/mol. The van der Waals surface area contributed by atoms with Crippen LogP contribution in [0.25, 0.3) is 0 Å².